The van der Waals surface area contributed by atoms with E-state index in [1.54, 1.807) is 0 Å². The minimum absolute atomic E-state index is 0.0772. The third-order valence-electron chi connectivity index (χ3n) is 7.70. The monoisotopic (exact) mass is 366 g/mol. The summed E-state index contributed by atoms with van der Waals surface area (Å²) in [5.74, 6) is 2.79. The number of hydrogen-bond donors (Lipinski definition) is 1. The molecule has 2 aromatic rings. The van der Waals surface area contributed by atoms with Gasteiger partial charge in [0.25, 0.3) is 0 Å². The number of carbonyl (C=O) groups excluding carboxylic acids is 1. The van der Waals surface area contributed by atoms with Gasteiger partial charge in [0, 0.05) is 11.4 Å². The average molecular weight is 367 g/mol. The van der Waals surface area contributed by atoms with E-state index in [9.17, 15) is 4.79 Å². The Balaban J connectivity index is 1.31. The summed E-state index contributed by atoms with van der Waals surface area (Å²) >= 11 is 0. The predicted molar refractivity (Wildman–Crippen MR) is 105 cm³/mol. The largest absolute Gasteiger partial charge is 0.356 e. The fraction of sp³-hybridized carbons (Fsp3) is 0.652. The van der Waals surface area contributed by atoms with Gasteiger partial charge in [0.15, 0.2) is 5.58 Å². The lowest BCUT2D eigenvalue weighted by molar-refractivity contribution is -0.125. The summed E-state index contributed by atoms with van der Waals surface area (Å²) < 4.78 is 5.49. The van der Waals surface area contributed by atoms with Crippen molar-refractivity contribution in [3.63, 3.8) is 0 Å². The van der Waals surface area contributed by atoms with Gasteiger partial charge in [-0.25, -0.2) is 0 Å². The minimum Gasteiger partial charge on any atom is -0.356 e. The highest BCUT2D eigenvalue weighted by Crippen LogP contribution is 2.61. The Hall–Kier alpha value is -1.84. The van der Waals surface area contributed by atoms with Crippen LogP contribution in [-0.2, 0) is 11.2 Å². The Morgan fingerprint density at radius 2 is 1.81 bits per heavy atom. The maximum absolute atomic E-state index is 12.8. The van der Waals surface area contributed by atoms with Gasteiger partial charge in [0.1, 0.15) is 5.69 Å². The highest BCUT2D eigenvalue weighted by Gasteiger charge is 2.53. The van der Waals surface area contributed by atoms with Gasteiger partial charge < -0.3 is 9.84 Å². The van der Waals surface area contributed by atoms with Gasteiger partial charge in [-0.05, 0) is 99.7 Å². The molecule has 1 atom stereocenters. The third-order valence-corrected chi connectivity index (χ3v) is 7.70. The molecule has 1 N–H and O–H groups in total. The molecular weight excluding hydrogens is 336 g/mol. The fourth-order valence-corrected chi connectivity index (χ4v) is 6.95. The van der Waals surface area contributed by atoms with E-state index in [1.807, 2.05) is 6.07 Å². The molecule has 1 heterocycles. The summed E-state index contributed by atoms with van der Waals surface area (Å²) in [5, 5.41) is 8.55. The summed E-state index contributed by atoms with van der Waals surface area (Å²) in [6.07, 6.45) is 8.54. The lowest BCUT2D eigenvalue weighted by atomic mass is 9.48. The molecule has 0 radical (unpaired) electrons. The Bertz CT molecular complexity index is 862. The number of carbonyl (C=O) groups is 1. The van der Waals surface area contributed by atoms with Crippen molar-refractivity contribution in [3.8, 4) is 0 Å². The molecule has 0 saturated heterocycles. The van der Waals surface area contributed by atoms with Gasteiger partial charge in [0.05, 0.1) is 6.42 Å². The zero-order valence-electron chi connectivity index (χ0n) is 16.7. The molecule has 1 amide bonds. The fourth-order valence-electron chi connectivity index (χ4n) is 6.95. The van der Waals surface area contributed by atoms with Crippen LogP contribution in [0.3, 0.4) is 0 Å². The highest BCUT2D eigenvalue weighted by molar-refractivity contribution is 5.88. The van der Waals surface area contributed by atoms with Crippen molar-refractivity contribution in [1.29, 1.82) is 0 Å². The summed E-state index contributed by atoms with van der Waals surface area (Å²) in [6.45, 7) is 6.35. The number of amides is 1. The van der Waals surface area contributed by atoms with Crippen molar-refractivity contribution in [2.45, 2.75) is 71.8 Å². The molecule has 4 saturated carbocycles. The second kappa shape index (κ2) is 6.08. The molecular formula is C23H30N2O2. The predicted octanol–water partition coefficient (Wildman–Crippen LogP) is 4.71. The van der Waals surface area contributed by atoms with E-state index < -0.39 is 0 Å². The topological polar surface area (TPSA) is 55.1 Å². The van der Waals surface area contributed by atoms with Crippen molar-refractivity contribution >= 4 is 16.9 Å². The van der Waals surface area contributed by atoms with Gasteiger partial charge in [-0.15, -0.1) is 0 Å². The number of aromatic nitrogens is 1. The Kier molecular flexibility index (Phi) is 3.89. The van der Waals surface area contributed by atoms with Crippen LogP contribution in [0.25, 0.3) is 11.0 Å². The molecule has 1 aromatic carbocycles. The van der Waals surface area contributed by atoms with Crippen LogP contribution in [-0.4, -0.2) is 17.1 Å². The molecule has 4 nitrogen and oxygen atoms in total. The second-order valence-electron chi connectivity index (χ2n) is 9.83. The van der Waals surface area contributed by atoms with Crippen LogP contribution in [0.1, 0.15) is 62.3 Å². The van der Waals surface area contributed by atoms with E-state index in [0.29, 0.717) is 11.8 Å². The van der Waals surface area contributed by atoms with Gasteiger partial charge in [-0.3, -0.25) is 4.79 Å². The van der Waals surface area contributed by atoms with Crippen molar-refractivity contribution in [1.82, 2.24) is 10.5 Å². The quantitative estimate of drug-likeness (QED) is 0.853. The molecule has 4 bridgehead atoms. The standard InChI is InChI=1S/C23H30N2O2/c1-13-4-14(2)22-19(25-27-20(22)5-13)9-21(26)24-15(3)23-10-16-6-17(11-23)8-18(7-16)12-23/h4-5,15-18H,6-12H2,1-3H3,(H,24,26). The minimum atomic E-state index is 0.0772. The zero-order chi connectivity index (χ0) is 18.8. The van der Waals surface area contributed by atoms with E-state index >= 15 is 0 Å². The summed E-state index contributed by atoms with van der Waals surface area (Å²) in [6, 6.07) is 4.37. The number of rotatable bonds is 4. The molecule has 0 aliphatic heterocycles. The molecule has 144 valence electrons. The molecule has 1 unspecified atom stereocenters. The highest BCUT2D eigenvalue weighted by atomic mass is 16.5. The number of fused-ring (bicyclic) bond motifs is 1. The maximum Gasteiger partial charge on any atom is 0.226 e. The molecule has 27 heavy (non-hydrogen) atoms. The van der Waals surface area contributed by atoms with Crippen molar-refractivity contribution in [3.05, 3.63) is 29.0 Å². The number of nitrogens with zero attached hydrogens (tertiary/aromatic N) is 1. The van der Waals surface area contributed by atoms with E-state index in [1.165, 1.54) is 38.5 Å². The van der Waals surface area contributed by atoms with Gasteiger partial charge >= 0.3 is 0 Å². The Labute approximate surface area is 161 Å². The van der Waals surface area contributed by atoms with Crippen LogP contribution in [0.2, 0.25) is 0 Å². The maximum atomic E-state index is 12.8. The first-order chi connectivity index (χ1) is 12.9. The number of benzene rings is 1. The molecule has 6 rings (SSSR count). The molecule has 4 aliphatic rings. The number of nitrogens with one attached hydrogen (secondary N) is 1. The first-order valence-corrected chi connectivity index (χ1v) is 10.6. The van der Waals surface area contributed by atoms with Crippen molar-refractivity contribution < 1.29 is 9.32 Å². The number of hydrogen-bond acceptors (Lipinski definition) is 3. The van der Waals surface area contributed by atoms with E-state index in [-0.39, 0.29) is 11.9 Å². The number of aryl methyl sites for hydroxylation is 2. The Morgan fingerprint density at radius 1 is 1.19 bits per heavy atom. The Morgan fingerprint density at radius 3 is 2.44 bits per heavy atom. The van der Waals surface area contributed by atoms with Crippen molar-refractivity contribution in [2.75, 3.05) is 0 Å². The van der Waals surface area contributed by atoms with Crippen LogP contribution in [0.15, 0.2) is 16.7 Å². The van der Waals surface area contributed by atoms with Crippen LogP contribution >= 0.6 is 0 Å². The van der Waals surface area contributed by atoms with Gasteiger partial charge in [-0.2, -0.15) is 0 Å². The second-order valence-corrected chi connectivity index (χ2v) is 9.83. The van der Waals surface area contributed by atoms with E-state index in [4.69, 9.17) is 4.52 Å². The lowest BCUT2D eigenvalue weighted by Gasteiger charge is -2.59. The lowest BCUT2D eigenvalue weighted by Crippen LogP contribution is -2.56. The zero-order valence-corrected chi connectivity index (χ0v) is 16.7. The SMILES string of the molecule is Cc1cc(C)c2c(CC(=O)NC(C)C34CC5CC(CC(C5)C3)C4)noc2c1. The molecule has 0 spiro atoms. The third kappa shape index (κ3) is 2.88. The van der Waals surface area contributed by atoms with Gasteiger partial charge in [-0.1, -0.05) is 11.2 Å². The van der Waals surface area contributed by atoms with E-state index in [2.05, 4.69) is 37.3 Å². The van der Waals surface area contributed by atoms with Crippen molar-refractivity contribution in [2.24, 2.45) is 23.2 Å². The molecule has 1 aromatic heterocycles. The average Bonchev–Trinajstić information content (AvgIpc) is 2.96. The molecule has 4 aliphatic carbocycles. The first kappa shape index (κ1) is 17.3. The molecule has 4 heteroatoms. The van der Waals surface area contributed by atoms with Crippen LogP contribution < -0.4 is 5.32 Å². The summed E-state index contributed by atoms with van der Waals surface area (Å²) in [4.78, 5) is 12.8. The van der Waals surface area contributed by atoms with Gasteiger partial charge in [0.2, 0.25) is 5.91 Å². The smallest absolute Gasteiger partial charge is 0.226 e. The summed E-state index contributed by atoms with van der Waals surface area (Å²) in [5.41, 5.74) is 4.16. The van der Waals surface area contributed by atoms with Crippen LogP contribution in [0.5, 0.6) is 0 Å². The summed E-state index contributed by atoms with van der Waals surface area (Å²) in [7, 11) is 0. The van der Waals surface area contributed by atoms with Crippen LogP contribution in [0, 0.1) is 37.0 Å². The first-order valence-electron chi connectivity index (χ1n) is 10.6. The molecule has 4 fully saturated rings. The van der Waals surface area contributed by atoms with E-state index in [0.717, 1.165) is 45.5 Å². The normalized spacial score (nSPS) is 32.8. The van der Waals surface area contributed by atoms with Crippen LogP contribution in [0.4, 0.5) is 0 Å².